The zero-order valence-electron chi connectivity index (χ0n) is 16.6. The first kappa shape index (κ1) is 20.0. The number of nitrogens with zero attached hydrogens (tertiary/aromatic N) is 2. The third-order valence-electron chi connectivity index (χ3n) is 4.69. The largest absolute Gasteiger partial charge is 0.449 e. The summed E-state index contributed by atoms with van der Waals surface area (Å²) in [5.74, 6) is -1.40. The number of nitrogens with one attached hydrogen (secondary N) is 1. The summed E-state index contributed by atoms with van der Waals surface area (Å²) in [7, 11) is 0. The van der Waals surface area contributed by atoms with Crippen LogP contribution in [0.1, 0.15) is 43.8 Å². The van der Waals surface area contributed by atoms with Gasteiger partial charge in [-0.25, -0.2) is 9.69 Å². The van der Waals surface area contributed by atoms with Crippen molar-refractivity contribution in [3.63, 3.8) is 0 Å². The highest BCUT2D eigenvalue weighted by molar-refractivity contribution is 6.34. The van der Waals surface area contributed by atoms with Crippen LogP contribution in [0, 0.1) is 6.92 Å². The summed E-state index contributed by atoms with van der Waals surface area (Å²) in [5.41, 5.74) is 1.16. The number of hydrogen-bond acceptors (Lipinski definition) is 7. The van der Waals surface area contributed by atoms with E-state index in [1.165, 1.54) is 37.3 Å². The maximum atomic E-state index is 12.6. The van der Waals surface area contributed by atoms with E-state index in [0.717, 1.165) is 4.90 Å². The fourth-order valence-electron chi connectivity index (χ4n) is 3.11. The number of anilines is 2. The van der Waals surface area contributed by atoms with Gasteiger partial charge in [0.2, 0.25) is 0 Å². The van der Waals surface area contributed by atoms with Crippen LogP contribution < -0.4 is 10.2 Å². The van der Waals surface area contributed by atoms with Crippen molar-refractivity contribution in [2.45, 2.75) is 20.0 Å². The molecule has 4 rings (SSSR count). The molecule has 2 aromatic carbocycles. The molecule has 1 N–H and O–H groups in total. The Morgan fingerprint density at radius 1 is 1.03 bits per heavy atom. The Bertz CT molecular complexity index is 1160. The van der Waals surface area contributed by atoms with Crippen LogP contribution in [0.5, 0.6) is 0 Å². The summed E-state index contributed by atoms with van der Waals surface area (Å²) in [6.45, 7) is 3.10. The molecule has 0 fully saturated rings. The fourth-order valence-corrected chi connectivity index (χ4v) is 3.11. The zero-order chi connectivity index (χ0) is 22.1. The predicted octanol–water partition coefficient (Wildman–Crippen LogP) is 2.97. The highest BCUT2D eigenvalue weighted by atomic mass is 16.5. The number of ether oxygens (including phenoxy) is 1. The van der Waals surface area contributed by atoms with E-state index in [2.05, 4.69) is 10.5 Å². The van der Waals surface area contributed by atoms with Gasteiger partial charge in [-0.2, -0.15) is 0 Å². The van der Waals surface area contributed by atoms with Crippen molar-refractivity contribution >= 4 is 35.2 Å². The van der Waals surface area contributed by atoms with Crippen molar-refractivity contribution in [2.75, 3.05) is 10.2 Å². The number of imide groups is 1. The lowest BCUT2D eigenvalue weighted by molar-refractivity contribution is -0.123. The first-order valence-corrected chi connectivity index (χ1v) is 9.38. The van der Waals surface area contributed by atoms with E-state index < -0.39 is 29.8 Å². The zero-order valence-corrected chi connectivity index (χ0v) is 16.6. The molecule has 2 heterocycles. The quantitative estimate of drug-likeness (QED) is 0.499. The Hall–Kier alpha value is -4.27. The van der Waals surface area contributed by atoms with Crippen molar-refractivity contribution in [3.05, 3.63) is 77.0 Å². The van der Waals surface area contributed by atoms with Gasteiger partial charge in [0.05, 0.1) is 22.4 Å². The summed E-state index contributed by atoms with van der Waals surface area (Å²) >= 11 is 0. The van der Waals surface area contributed by atoms with Crippen LogP contribution >= 0.6 is 0 Å². The van der Waals surface area contributed by atoms with Gasteiger partial charge in [0.25, 0.3) is 17.7 Å². The molecule has 0 radical (unpaired) electrons. The Kier molecular flexibility index (Phi) is 5.08. The summed E-state index contributed by atoms with van der Waals surface area (Å²) in [5, 5.41) is 6.12. The van der Waals surface area contributed by atoms with Crippen molar-refractivity contribution in [1.82, 2.24) is 5.16 Å². The van der Waals surface area contributed by atoms with Gasteiger partial charge in [-0.1, -0.05) is 17.3 Å². The van der Waals surface area contributed by atoms with Crippen molar-refractivity contribution in [1.29, 1.82) is 0 Å². The summed E-state index contributed by atoms with van der Waals surface area (Å²) < 4.78 is 10.0. The average Bonchev–Trinajstić information content (AvgIpc) is 3.28. The number of hydrogen-bond donors (Lipinski definition) is 1. The van der Waals surface area contributed by atoms with Gasteiger partial charge < -0.3 is 14.6 Å². The number of rotatable bonds is 5. The van der Waals surface area contributed by atoms with Crippen molar-refractivity contribution in [2.24, 2.45) is 0 Å². The van der Waals surface area contributed by atoms with Gasteiger partial charge in [-0.15, -0.1) is 0 Å². The standard InChI is InChI=1S/C22H17N3O6/c1-12-11-18(24-31-12)23-19(26)13(2)30-22(29)14-7-9-15(10-8-14)25-20(27)16-5-3-4-6-17(16)21(25)28/h3-11,13H,1-2H3,(H,23,24,26). The SMILES string of the molecule is Cc1cc(NC(=O)C(C)OC(=O)c2ccc(N3C(=O)c4ccccc4C3=O)cc2)no1. The van der Waals surface area contributed by atoms with Gasteiger partial charge in [0, 0.05) is 6.07 Å². The van der Waals surface area contributed by atoms with E-state index in [0.29, 0.717) is 22.6 Å². The monoisotopic (exact) mass is 419 g/mol. The normalized spacial score (nSPS) is 13.7. The Morgan fingerprint density at radius 3 is 2.19 bits per heavy atom. The molecular formula is C22H17N3O6. The van der Waals surface area contributed by atoms with Crippen LogP contribution in [0.2, 0.25) is 0 Å². The molecule has 1 unspecified atom stereocenters. The number of esters is 1. The molecule has 1 aliphatic heterocycles. The molecule has 1 atom stereocenters. The number of carbonyl (C=O) groups excluding carboxylic acids is 4. The van der Waals surface area contributed by atoms with Crippen LogP contribution in [0.3, 0.4) is 0 Å². The molecule has 156 valence electrons. The van der Waals surface area contributed by atoms with E-state index in [4.69, 9.17) is 9.26 Å². The van der Waals surface area contributed by atoms with E-state index in [-0.39, 0.29) is 11.4 Å². The second-order valence-corrected chi connectivity index (χ2v) is 6.90. The Balaban J connectivity index is 1.42. The highest BCUT2D eigenvalue weighted by Gasteiger charge is 2.36. The van der Waals surface area contributed by atoms with Gasteiger partial charge in [-0.3, -0.25) is 14.4 Å². The lowest BCUT2D eigenvalue weighted by atomic mass is 10.1. The summed E-state index contributed by atoms with van der Waals surface area (Å²) in [6.07, 6.45) is -1.08. The molecule has 1 aromatic heterocycles. The van der Waals surface area contributed by atoms with Crippen LogP contribution in [0.4, 0.5) is 11.5 Å². The number of fused-ring (bicyclic) bond motifs is 1. The second-order valence-electron chi connectivity index (χ2n) is 6.90. The molecule has 9 nitrogen and oxygen atoms in total. The van der Waals surface area contributed by atoms with Gasteiger partial charge in [0.15, 0.2) is 11.9 Å². The minimum atomic E-state index is -1.08. The van der Waals surface area contributed by atoms with Crippen LogP contribution in [0.25, 0.3) is 0 Å². The van der Waals surface area contributed by atoms with E-state index in [9.17, 15) is 19.2 Å². The Morgan fingerprint density at radius 2 is 1.65 bits per heavy atom. The number of amides is 3. The molecule has 1 aliphatic rings. The first-order valence-electron chi connectivity index (χ1n) is 9.38. The maximum Gasteiger partial charge on any atom is 0.338 e. The van der Waals surface area contributed by atoms with Gasteiger partial charge >= 0.3 is 5.97 Å². The molecule has 31 heavy (non-hydrogen) atoms. The topological polar surface area (TPSA) is 119 Å². The third-order valence-corrected chi connectivity index (χ3v) is 4.69. The molecule has 9 heteroatoms. The van der Waals surface area contributed by atoms with Crippen molar-refractivity contribution < 1.29 is 28.4 Å². The molecule has 0 spiro atoms. The minimum absolute atomic E-state index is 0.164. The molecule has 0 saturated heterocycles. The number of carbonyl (C=O) groups is 4. The molecule has 0 bridgehead atoms. The average molecular weight is 419 g/mol. The summed E-state index contributed by atoms with van der Waals surface area (Å²) in [4.78, 5) is 50.7. The fraction of sp³-hybridized carbons (Fsp3) is 0.136. The lowest BCUT2D eigenvalue weighted by Crippen LogP contribution is -2.30. The maximum absolute atomic E-state index is 12.6. The van der Waals surface area contributed by atoms with E-state index in [1.54, 1.807) is 31.2 Å². The summed E-state index contributed by atoms with van der Waals surface area (Å²) in [6, 6.07) is 13.9. The number of aryl methyl sites for hydroxylation is 1. The minimum Gasteiger partial charge on any atom is -0.449 e. The molecule has 3 amide bonds. The van der Waals surface area contributed by atoms with Crippen molar-refractivity contribution in [3.8, 4) is 0 Å². The molecule has 0 aliphatic carbocycles. The van der Waals surface area contributed by atoms with E-state index in [1.807, 2.05) is 0 Å². The lowest BCUT2D eigenvalue weighted by Gasteiger charge is -2.15. The van der Waals surface area contributed by atoms with Gasteiger partial charge in [-0.05, 0) is 50.2 Å². The molecule has 0 saturated carbocycles. The highest BCUT2D eigenvalue weighted by Crippen LogP contribution is 2.28. The second kappa shape index (κ2) is 7.86. The van der Waals surface area contributed by atoms with Gasteiger partial charge in [0.1, 0.15) is 5.76 Å². The van der Waals surface area contributed by atoms with Crippen LogP contribution in [-0.4, -0.2) is 35.0 Å². The van der Waals surface area contributed by atoms with Crippen LogP contribution in [0.15, 0.2) is 59.1 Å². The Labute approximate surface area is 176 Å². The first-order chi connectivity index (χ1) is 14.8. The smallest absolute Gasteiger partial charge is 0.338 e. The predicted molar refractivity (Wildman–Crippen MR) is 109 cm³/mol. The number of aromatic nitrogens is 1. The van der Waals surface area contributed by atoms with E-state index >= 15 is 0 Å². The number of benzene rings is 2. The third kappa shape index (κ3) is 3.80. The molecule has 3 aromatic rings. The van der Waals surface area contributed by atoms with Crippen LogP contribution in [-0.2, 0) is 9.53 Å². The molecular weight excluding hydrogens is 402 g/mol.